The average Bonchev–Trinajstić information content (AvgIpc) is 3.36. The normalized spacial score (nSPS) is 17.9. The molecule has 1 aliphatic carbocycles. The molecule has 2 aromatic rings. The maximum atomic E-state index is 13.2. The van der Waals surface area contributed by atoms with Crippen LogP contribution >= 0.6 is 0 Å². The zero-order valence-electron chi connectivity index (χ0n) is 14.9. The fourth-order valence-electron chi connectivity index (χ4n) is 3.16. The van der Waals surface area contributed by atoms with Gasteiger partial charge in [0.25, 0.3) is 5.91 Å². The lowest BCUT2D eigenvalue weighted by Crippen LogP contribution is -2.49. The molecule has 2 fully saturated rings. The molecular weight excluding hydrogens is 356 g/mol. The highest BCUT2D eigenvalue weighted by Gasteiger charge is 2.28. The van der Waals surface area contributed by atoms with E-state index in [1.807, 2.05) is 0 Å². The summed E-state index contributed by atoms with van der Waals surface area (Å²) in [4.78, 5) is 16.8. The van der Waals surface area contributed by atoms with Crippen molar-refractivity contribution in [1.29, 1.82) is 0 Å². The standard InChI is InChI=1S/C19H21F2N3O3/c20-16-4-3-14(9-17(16)21)26-12-15-10-18(22-27-15)19(25)24-7-5-23(6-8-24)11-13-1-2-13/h3-4,9-10,13H,1-2,5-8,11-12H2. The van der Waals surface area contributed by atoms with E-state index >= 15 is 0 Å². The molecule has 0 atom stereocenters. The maximum absolute atomic E-state index is 13.2. The van der Waals surface area contributed by atoms with E-state index < -0.39 is 11.6 Å². The summed E-state index contributed by atoms with van der Waals surface area (Å²) in [6.07, 6.45) is 2.65. The molecule has 4 rings (SSSR count). The van der Waals surface area contributed by atoms with Crippen molar-refractivity contribution in [3.8, 4) is 5.75 Å². The molecule has 6 nitrogen and oxygen atoms in total. The summed E-state index contributed by atoms with van der Waals surface area (Å²) in [5.41, 5.74) is 0.231. The summed E-state index contributed by atoms with van der Waals surface area (Å²) in [5.74, 6) is -0.724. The Hall–Kier alpha value is -2.48. The molecule has 0 bridgehead atoms. The zero-order valence-corrected chi connectivity index (χ0v) is 14.9. The minimum Gasteiger partial charge on any atom is -0.485 e. The highest BCUT2D eigenvalue weighted by atomic mass is 19.2. The number of hydrogen-bond donors (Lipinski definition) is 0. The second-order valence-electron chi connectivity index (χ2n) is 7.08. The Balaban J connectivity index is 1.29. The van der Waals surface area contributed by atoms with E-state index in [1.165, 1.54) is 25.0 Å². The van der Waals surface area contributed by atoms with Gasteiger partial charge in [-0.05, 0) is 30.9 Å². The molecule has 1 aromatic carbocycles. The van der Waals surface area contributed by atoms with Gasteiger partial charge in [-0.15, -0.1) is 0 Å². The molecule has 2 aliphatic rings. The van der Waals surface area contributed by atoms with Crippen molar-refractivity contribution in [3.63, 3.8) is 0 Å². The predicted molar refractivity (Wildman–Crippen MR) is 92.3 cm³/mol. The number of ether oxygens (including phenoxy) is 1. The van der Waals surface area contributed by atoms with Gasteiger partial charge in [0.15, 0.2) is 23.1 Å². The molecule has 0 spiro atoms. The van der Waals surface area contributed by atoms with E-state index in [2.05, 4.69) is 10.1 Å². The van der Waals surface area contributed by atoms with Gasteiger partial charge in [-0.1, -0.05) is 5.16 Å². The van der Waals surface area contributed by atoms with Gasteiger partial charge in [0, 0.05) is 44.9 Å². The first-order valence-corrected chi connectivity index (χ1v) is 9.13. The van der Waals surface area contributed by atoms with Crippen LogP contribution < -0.4 is 4.74 Å². The molecule has 1 aliphatic heterocycles. The second-order valence-corrected chi connectivity index (χ2v) is 7.08. The van der Waals surface area contributed by atoms with Crippen LogP contribution in [-0.4, -0.2) is 53.6 Å². The molecule has 1 aromatic heterocycles. The Kier molecular flexibility index (Phi) is 5.07. The SMILES string of the molecule is O=C(c1cc(COc2ccc(F)c(F)c2)on1)N1CCN(CC2CC2)CC1. The van der Waals surface area contributed by atoms with Gasteiger partial charge in [0.2, 0.25) is 0 Å². The summed E-state index contributed by atoms with van der Waals surface area (Å²) in [6.45, 7) is 4.23. The number of nitrogens with zero attached hydrogens (tertiary/aromatic N) is 3. The van der Waals surface area contributed by atoms with Gasteiger partial charge in [-0.3, -0.25) is 9.69 Å². The molecule has 1 saturated carbocycles. The Morgan fingerprint density at radius 3 is 2.63 bits per heavy atom. The smallest absolute Gasteiger partial charge is 0.276 e. The van der Waals surface area contributed by atoms with Crippen LogP contribution in [0.3, 0.4) is 0 Å². The summed E-state index contributed by atoms with van der Waals surface area (Å²) < 4.78 is 36.6. The number of piperazine rings is 1. The third-order valence-electron chi connectivity index (χ3n) is 4.92. The number of carbonyl (C=O) groups is 1. The topological polar surface area (TPSA) is 58.8 Å². The third-order valence-corrected chi connectivity index (χ3v) is 4.92. The van der Waals surface area contributed by atoms with E-state index in [9.17, 15) is 13.6 Å². The lowest BCUT2D eigenvalue weighted by molar-refractivity contribution is 0.0622. The summed E-state index contributed by atoms with van der Waals surface area (Å²) >= 11 is 0. The number of amides is 1. The molecule has 0 N–H and O–H groups in total. The molecule has 0 radical (unpaired) electrons. The Morgan fingerprint density at radius 2 is 1.93 bits per heavy atom. The molecule has 1 saturated heterocycles. The van der Waals surface area contributed by atoms with Crippen LogP contribution in [0.2, 0.25) is 0 Å². The maximum Gasteiger partial charge on any atom is 0.276 e. The molecule has 8 heteroatoms. The minimum atomic E-state index is -0.984. The van der Waals surface area contributed by atoms with Gasteiger partial charge >= 0.3 is 0 Å². The van der Waals surface area contributed by atoms with Crippen molar-refractivity contribution < 1.29 is 22.8 Å². The van der Waals surface area contributed by atoms with E-state index in [0.29, 0.717) is 18.8 Å². The van der Waals surface area contributed by atoms with Crippen LogP contribution in [-0.2, 0) is 6.61 Å². The zero-order chi connectivity index (χ0) is 18.8. The number of benzene rings is 1. The first-order chi connectivity index (χ1) is 13.1. The molecule has 144 valence electrons. The van der Waals surface area contributed by atoms with Gasteiger partial charge in [-0.2, -0.15) is 0 Å². The minimum absolute atomic E-state index is 0.0273. The molecular formula is C19H21F2N3O3. The van der Waals surface area contributed by atoms with E-state index in [4.69, 9.17) is 9.26 Å². The van der Waals surface area contributed by atoms with Crippen molar-refractivity contribution in [1.82, 2.24) is 15.0 Å². The summed E-state index contributed by atoms with van der Waals surface area (Å²) in [6, 6.07) is 4.79. The first kappa shape index (κ1) is 17.9. The van der Waals surface area contributed by atoms with Crippen LogP contribution in [0, 0.1) is 17.6 Å². The van der Waals surface area contributed by atoms with Gasteiger partial charge in [-0.25, -0.2) is 8.78 Å². The Morgan fingerprint density at radius 1 is 1.15 bits per heavy atom. The van der Waals surface area contributed by atoms with E-state index in [0.717, 1.165) is 37.7 Å². The Bertz CT molecular complexity index is 814. The summed E-state index contributed by atoms with van der Waals surface area (Å²) in [5, 5.41) is 3.82. The number of hydrogen-bond acceptors (Lipinski definition) is 5. The van der Waals surface area contributed by atoms with Crippen LogP contribution in [0.15, 0.2) is 28.8 Å². The van der Waals surface area contributed by atoms with Crippen LogP contribution in [0.1, 0.15) is 29.1 Å². The quantitative estimate of drug-likeness (QED) is 0.775. The van der Waals surface area contributed by atoms with Crippen LogP contribution in [0.4, 0.5) is 8.78 Å². The largest absolute Gasteiger partial charge is 0.485 e. The van der Waals surface area contributed by atoms with Crippen molar-refractivity contribution in [2.75, 3.05) is 32.7 Å². The second kappa shape index (κ2) is 7.64. The number of rotatable bonds is 6. The van der Waals surface area contributed by atoms with E-state index in [-0.39, 0.29) is 24.0 Å². The molecule has 27 heavy (non-hydrogen) atoms. The number of carbonyl (C=O) groups excluding carboxylic acids is 1. The monoisotopic (exact) mass is 377 g/mol. The highest BCUT2D eigenvalue weighted by molar-refractivity contribution is 5.92. The fourth-order valence-corrected chi connectivity index (χ4v) is 3.16. The van der Waals surface area contributed by atoms with Crippen molar-refractivity contribution in [2.24, 2.45) is 5.92 Å². The van der Waals surface area contributed by atoms with Crippen molar-refractivity contribution in [2.45, 2.75) is 19.4 Å². The fraction of sp³-hybridized carbons (Fsp3) is 0.474. The molecule has 1 amide bonds. The van der Waals surface area contributed by atoms with Crippen LogP contribution in [0.25, 0.3) is 0 Å². The third kappa shape index (κ3) is 4.44. The van der Waals surface area contributed by atoms with E-state index in [1.54, 1.807) is 4.90 Å². The lowest BCUT2D eigenvalue weighted by Gasteiger charge is -2.34. The average molecular weight is 377 g/mol. The number of halogens is 2. The summed E-state index contributed by atoms with van der Waals surface area (Å²) in [7, 11) is 0. The predicted octanol–water partition coefficient (Wildman–Crippen LogP) is 2.70. The number of aromatic nitrogens is 1. The van der Waals surface area contributed by atoms with Crippen molar-refractivity contribution >= 4 is 5.91 Å². The van der Waals surface area contributed by atoms with Gasteiger partial charge in [0.1, 0.15) is 12.4 Å². The van der Waals surface area contributed by atoms with Crippen LogP contribution in [0.5, 0.6) is 5.75 Å². The molecule has 0 unspecified atom stereocenters. The van der Waals surface area contributed by atoms with Gasteiger partial charge in [0.05, 0.1) is 0 Å². The van der Waals surface area contributed by atoms with Crippen molar-refractivity contribution in [3.05, 3.63) is 47.4 Å². The highest BCUT2D eigenvalue weighted by Crippen LogP contribution is 2.30. The Labute approximate surface area is 155 Å². The van der Waals surface area contributed by atoms with Gasteiger partial charge < -0.3 is 14.2 Å². The lowest BCUT2D eigenvalue weighted by atomic mass is 10.2. The first-order valence-electron chi connectivity index (χ1n) is 9.13. The molecule has 2 heterocycles.